The number of carbonyl (C=O) groups excluding carboxylic acids is 2. The largest absolute Gasteiger partial charge is 1.00 e. The monoisotopic (exact) mass is 319 g/mol. The molecule has 2 heterocycles. The summed E-state index contributed by atoms with van der Waals surface area (Å²) in [6.45, 7) is 7.25. The van der Waals surface area contributed by atoms with E-state index in [9.17, 15) is 14.7 Å². The Bertz CT molecular complexity index is 447. The van der Waals surface area contributed by atoms with Gasteiger partial charge < -0.3 is 15.2 Å². The number of amides is 2. The second kappa shape index (κ2) is 9.97. The van der Waals surface area contributed by atoms with Crippen LogP contribution >= 0.6 is 0 Å². The van der Waals surface area contributed by atoms with Crippen LogP contribution in [0.5, 0.6) is 0 Å². The van der Waals surface area contributed by atoms with Crippen LogP contribution in [0.15, 0.2) is 9.98 Å². The molecule has 0 aromatic carbocycles. The molecular weight excluding hydrogens is 297 g/mol. The predicted molar refractivity (Wildman–Crippen MR) is 76.7 cm³/mol. The van der Waals surface area contributed by atoms with Crippen molar-refractivity contribution < 1.29 is 49.0 Å². The average molecular weight is 319 g/mol. The zero-order valence-electron chi connectivity index (χ0n) is 13.7. The van der Waals surface area contributed by atoms with Crippen molar-refractivity contribution in [1.82, 2.24) is 5.32 Å². The molecule has 0 aliphatic carbocycles. The molecule has 0 bridgehead atoms. The van der Waals surface area contributed by atoms with Gasteiger partial charge in [0, 0.05) is 0 Å². The fourth-order valence-corrected chi connectivity index (χ4v) is 2.56. The van der Waals surface area contributed by atoms with E-state index in [0.717, 1.165) is 26.0 Å². The Morgan fingerprint density at radius 3 is 2.50 bits per heavy atom. The first kappa shape index (κ1) is 21.1. The number of amidine groups is 1. The number of rotatable bonds is 4. The molecule has 2 aliphatic heterocycles. The van der Waals surface area contributed by atoms with Crippen molar-refractivity contribution in [3.63, 3.8) is 0 Å². The molecule has 0 spiro atoms. The summed E-state index contributed by atoms with van der Waals surface area (Å²) < 4.78 is 4.65. The summed E-state index contributed by atoms with van der Waals surface area (Å²) in [5.74, 6) is -1.20. The van der Waals surface area contributed by atoms with Gasteiger partial charge in [-0.05, 0) is 18.8 Å². The maximum absolute atomic E-state index is 11.9. The predicted octanol–water partition coefficient (Wildman–Crippen LogP) is -2.76. The summed E-state index contributed by atoms with van der Waals surface area (Å²) in [6, 6.07) is -0.845. The van der Waals surface area contributed by atoms with Gasteiger partial charge in [0.2, 0.25) is 5.91 Å². The van der Waals surface area contributed by atoms with Crippen molar-refractivity contribution in [3.05, 3.63) is 0 Å². The van der Waals surface area contributed by atoms with Gasteiger partial charge in [0.25, 0.3) is 5.91 Å². The van der Waals surface area contributed by atoms with E-state index in [1.807, 2.05) is 13.8 Å². The minimum absolute atomic E-state index is 0. The van der Waals surface area contributed by atoms with Crippen molar-refractivity contribution in [2.75, 3.05) is 13.2 Å². The van der Waals surface area contributed by atoms with Crippen molar-refractivity contribution in [1.29, 1.82) is 0 Å². The Hall–Kier alpha value is -0.920. The van der Waals surface area contributed by atoms with Gasteiger partial charge >= 0.3 is 29.6 Å². The zero-order chi connectivity index (χ0) is 15.9. The number of hydrogen-bond acceptors (Lipinski definition) is 5. The Balaban J connectivity index is 0.000000622. The van der Waals surface area contributed by atoms with Gasteiger partial charge in [-0.2, -0.15) is 0 Å². The van der Waals surface area contributed by atoms with Gasteiger partial charge in [-0.15, -0.1) is 0 Å². The molecule has 2 atom stereocenters. The van der Waals surface area contributed by atoms with Crippen LogP contribution in [0.3, 0.4) is 0 Å². The molecule has 118 valence electrons. The first-order valence-electron chi connectivity index (χ1n) is 7.20. The van der Waals surface area contributed by atoms with Gasteiger partial charge in [-0.1, -0.05) is 27.2 Å². The number of ether oxygens (including phenoxy) is 1. The SMILES string of the molecule is C1=NCCO1.CCCC(C)C1(CC)C(=O)N=C([O-])NC1=O.[Na+]. The van der Waals surface area contributed by atoms with E-state index in [1.54, 1.807) is 6.92 Å². The van der Waals surface area contributed by atoms with Crippen LogP contribution in [0.2, 0.25) is 0 Å². The molecule has 0 aromatic heterocycles. The van der Waals surface area contributed by atoms with E-state index < -0.39 is 23.3 Å². The van der Waals surface area contributed by atoms with Crippen LogP contribution in [0.1, 0.15) is 40.0 Å². The molecule has 0 saturated heterocycles. The third-order valence-corrected chi connectivity index (χ3v) is 3.82. The molecule has 1 N–H and O–H groups in total. The maximum Gasteiger partial charge on any atom is 1.00 e. The molecule has 2 rings (SSSR count). The van der Waals surface area contributed by atoms with Crippen LogP contribution in [0.25, 0.3) is 0 Å². The third-order valence-electron chi connectivity index (χ3n) is 3.82. The Labute approximate surface area is 152 Å². The van der Waals surface area contributed by atoms with E-state index in [0.29, 0.717) is 6.42 Å². The van der Waals surface area contributed by atoms with Crippen molar-refractivity contribution >= 4 is 24.2 Å². The van der Waals surface area contributed by atoms with Crippen LogP contribution in [0, 0.1) is 11.3 Å². The summed E-state index contributed by atoms with van der Waals surface area (Å²) in [5.41, 5.74) is -1.15. The fourth-order valence-electron chi connectivity index (χ4n) is 2.56. The van der Waals surface area contributed by atoms with Crippen molar-refractivity contribution in [2.45, 2.75) is 40.0 Å². The minimum atomic E-state index is -1.15. The second-order valence-corrected chi connectivity index (χ2v) is 5.07. The Morgan fingerprint density at radius 1 is 1.45 bits per heavy atom. The molecular formula is C14H22N3NaO4. The van der Waals surface area contributed by atoms with Crippen LogP contribution in [-0.2, 0) is 14.3 Å². The van der Waals surface area contributed by atoms with E-state index in [1.165, 1.54) is 6.40 Å². The molecule has 7 nitrogen and oxygen atoms in total. The second-order valence-electron chi connectivity index (χ2n) is 5.07. The first-order chi connectivity index (χ1) is 9.98. The topological polar surface area (TPSA) is 103 Å². The van der Waals surface area contributed by atoms with E-state index in [-0.39, 0.29) is 35.5 Å². The standard InChI is InChI=1S/C11H18N2O3.C3H5NO.Na/c1-4-6-7(3)11(5-2)8(14)12-10(16)13-9(11)15;1-2-5-3-4-1;/h7H,4-6H2,1-3H3,(H2,12,13,14,15,16);3H,1-2H2;/q;;+1/p-1. The van der Waals surface area contributed by atoms with E-state index in [4.69, 9.17) is 0 Å². The Morgan fingerprint density at radius 2 is 2.14 bits per heavy atom. The Kier molecular flexibility index (Phi) is 9.55. The first-order valence-corrected chi connectivity index (χ1v) is 7.20. The van der Waals surface area contributed by atoms with Crippen molar-refractivity contribution in [3.8, 4) is 0 Å². The molecule has 0 fully saturated rings. The van der Waals surface area contributed by atoms with Crippen LogP contribution in [0.4, 0.5) is 0 Å². The zero-order valence-corrected chi connectivity index (χ0v) is 15.7. The summed E-state index contributed by atoms with van der Waals surface area (Å²) >= 11 is 0. The van der Waals surface area contributed by atoms with Gasteiger partial charge in [0.15, 0.2) is 6.40 Å². The molecule has 2 amide bonds. The summed E-state index contributed by atoms with van der Waals surface area (Å²) in [5, 5.41) is 13.1. The van der Waals surface area contributed by atoms with E-state index >= 15 is 0 Å². The minimum Gasteiger partial charge on any atom is -0.846 e. The molecule has 0 aromatic rings. The molecule has 2 aliphatic rings. The van der Waals surface area contributed by atoms with Crippen LogP contribution in [-0.4, -0.2) is 37.4 Å². The quantitative estimate of drug-likeness (QED) is 0.448. The van der Waals surface area contributed by atoms with E-state index in [2.05, 4.69) is 20.0 Å². The molecule has 2 unspecified atom stereocenters. The number of nitrogens with one attached hydrogen (secondary N) is 1. The third kappa shape index (κ3) is 4.79. The van der Waals surface area contributed by atoms with Gasteiger partial charge in [0.05, 0.1) is 12.6 Å². The van der Waals surface area contributed by atoms with Gasteiger partial charge in [-0.3, -0.25) is 14.6 Å². The summed E-state index contributed by atoms with van der Waals surface area (Å²) in [7, 11) is 0. The summed E-state index contributed by atoms with van der Waals surface area (Å²) in [6.07, 6.45) is 3.50. The normalized spacial score (nSPS) is 24.2. The number of carbonyl (C=O) groups is 2. The van der Waals surface area contributed by atoms with Gasteiger partial charge in [0.1, 0.15) is 12.0 Å². The van der Waals surface area contributed by atoms with Gasteiger partial charge in [-0.25, -0.2) is 4.99 Å². The molecule has 22 heavy (non-hydrogen) atoms. The number of hydrogen-bond donors (Lipinski definition) is 1. The number of nitrogens with zero attached hydrogens (tertiary/aromatic N) is 2. The fraction of sp³-hybridized carbons (Fsp3) is 0.714. The maximum atomic E-state index is 11.9. The average Bonchev–Trinajstić information content (AvgIpc) is 2.98. The summed E-state index contributed by atoms with van der Waals surface area (Å²) in [4.78, 5) is 30.8. The number of aliphatic imine (C=N–C) groups is 2. The van der Waals surface area contributed by atoms with Crippen LogP contribution < -0.4 is 40.0 Å². The smallest absolute Gasteiger partial charge is 0.846 e. The molecule has 8 heteroatoms. The van der Waals surface area contributed by atoms with Crippen molar-refractivity contribution in [2.24, 2.45) is 21.3 Å². The molecule has 0 saturated carbocycles. The molecule has 0 radical (unpaired) electrons.